The van der Waals surface area contributed by atoms with Gasteiger partial charge >= 0.3 is 0 Å². The first-order chi connectivity index (χ1) is 9.28. The molecule has 19 heavy (non-hydrogen) atoms. The number of furan rings is 1. The van der Waals surface area contributed by atoms with Crippen molar-refractivity contribution in [1.29, 1.82) is 5.26 Å². The lowest BCUT2D eigenvalue weighted by atomic mass is 10.1. The Bertz CT molecular complexity index is 415. The molecule has 0 aromatic carbocycles. The Balaban J connectivity index is 1.63. The van der Waals surface area contributed by atoms with Crippen molar-refractivity contribution < 1.29 is 4.42 Å². The molecule has 0 aliphatic carbocycles. The number of nitrogens with one attached hydrogen (secondary N) is 1. The summed E-state index contributed by atoms with van der Waals surface area (Å²) < 4.78 is 5.33. The molecule has 1 N–H and O–H groups in total. The lowest BCUT2D eigenvalue weighted by Crippen LogP contribution is -2.36. The van der Waals surface area contributed by atoms with Crippen LogP contribution in [0, 0.1) is 17.2 Å². The minimum absolute atomic E-state index is 0.387. The van der Waals surface area contributed by atoms with Gasteiger partial charge in [0, 0.05) is 6.54 Å². The van der Waals surface area contributed by atoms with Crippen molar-refractivity contribution in [3.63, 3.8) is 0 Å². The quantitative estimate of drug-likeness (QED) is 0.854. The zero-order valence-electron chi connectivity index (χ0n) is 11.7. The standard InChI is InChI=1S/C15H23N3O/c1-13(12-18-7-3-2-4-8-18)10-17-11-15-6-5-14(9-16)19-15/h5-6,13,17H,2-4,7-8,10-12H2,1H3. The average Bonchev–Trinajstić information content (AvgIpc) is 2.88. The van der Waals surface area contributed by atoms with Gasteiger partial charge in [-0.25, -0.2) is 0 Å². The summed E-state index contributed by atoms with van der Waals surface area (Å²) in [5, 5.41) is 12.1. The van der Waals surface area contributed by atoms with Crippen molar-refractivity contribution in [2.45, 2.75) is 32.7 Å². The maximum atomic E-state index is 8.68. The van der Waals surface area contributed by atoms with Crippen LogP contribution in [0.4, 0.5) is 0 Å². The molecule has 1 aromatic rings. The van der Waals surface area contributed by atoms with Crippen molar-refractivity contribution in [2.75, 3.05) is 26.2 Å². The first-order valence-electron chi connectivity index (χ1n) is 7.20. The molecule has 2 heterocycles. The molecule has 1 unspecified atom stereocenters. The molecular formula is C15H23N3O. The largest absolute Gasteiger partial charge is 0.449 e. The van der Waals surface area contributed by atoms with E-state index in [1.165, 1.54) is 38.9 Å². The molecule has 104 valence electrons. The summed E-state index contributed by atoms with van der Waals surface area (Å²) in [7, 11) is 0. The fraction of sp³-hybridized carbons (Fsp3) is 0.667. The summed E-state index contributed by atoms with van der Waals surface area (Å²) in [6.07, 6.45) is 4.09. The maximum absolute atomic E-state index is 8.68. The minimum atomic E-state index is 0.387. The van der Waals surface area contributed by atoms with E-state index in [4.69, 9.17) is 9.68 Å². The van der Waals surface area contributed by atoms with Crippen LogP contribution in [0.3, 0.4) is 0 Å². The Kier molecular flexibility index (Phi) is 5.44. The number of hydrogen-bond donors (Lipinski definition) is 1. The van der Waals surface area contributed by atoms with Gasteiger partial charge in [0.15, 0.2) is 0 Å². The molecule has 1 aromatic heterocycles. The highest BCUT2D eigenvalue weighted by Crippen LogP contribution is 2.11. The second-order valence-corrected chi connectivity index (χ2v) is 5.48. The molecule has 4 nitrogen and oxygen atoms in total. The first kappa shape index (κ1) is 14.1. The molecule has 1 fully saturated rings. The summed E-state index contributed by atoms with van der Waals surface area (Å²) >= 11 is 0. The molecule has 1 saturated heterocycles. The number of likely N-dealkylation sites (tertiary alicyclic amines) is 1. The number of piperidine rings is 1. The van der Waals surface area contributed by atoms with E-state index in [1.54, 1.807) is 6.07 Å². The molecule has 1 aliphatic rings. The lowest BCUT2D eigenvalue weighted by Gasteiger charge is -2.29. The van der Waals surface area contributed by atoms with Crippen molar-refractivity contribution in [1.82, 2.24) is 10.2 Å². The second-order valence-electron chi connectivity index (χ2n) is 5.48. The number of hydrogen-bond acceptors (Lipinski definition) is 4. The van der Waals surface area contributed by atoms with Crippen LogP contribution in [0.15, 0.2) is 16.5 Å². The molecule has 4 heteroatoms. The van der Waals surface area contributed by atoms with Crippen molar-refractivity contribution in [3.8, 4) is 6.07 Å². The number of nitrogens with zero attached hydrogens (tertiary/aromatic N) is 2. The fourth-order valence-corrected chi connectivity index (χ4v) is 2.62. The van der Waals surface area contributed by atoms with E-state index < -0.39 is 0 Å². The normalized spacial score (nSPS) is 18.1. The van der Waals surface area contributed by atoms with Crippen LogP contribution in [-0.2, 0) is 6.54 Å². The van der Waals surface area contributed by atoms with E-state index in [2.05, 4.69) is 17.1 Å². The van der Waals surface area contributed by atoms with Crippen LogP contribution in [0.2, 0.25) is 0 Å². The first-order valence-corrected chi connectivity index (χ1v) is 7.20. The molecule has 0 radical (unpaired) electrons. The average molecular weight is 261 g/mol. The zero-order valence-corrected chi connectivity index (χ0v) is 11.7. The molecule has 1 atom stereocenters. The molecule has 0 amide bonds. The van der Waals surface area contributed by atoms with Gasteiger partial charge in [-0.1, -0.05) is 13.3 Å². The highest BCUT2D eigenvalue weighted by Gasteiger charge is 2.13. The van der Waals surface area contributed by atoms with Crippen molar-refractivity contribution >= 4 is 0 Å². The highest BCUT2D eigenvalue weighted by molar-refractivity contribution is 5.18. The predicted octanol–water partition coefficient (Wildman–Crippen LogP) is 2.36. The van der Waals surface area contributed by atoms with Gasteiger partial charge in [-0.15, -0.1) is 0 Å². The van der Waals surface area contributed by atoms with Crippen LogP contribution in [0.25, 0.3) is 0 Å². The molecule has 2 rings (SSSR count). The van der Waals surface area contributed by atoms with Gasteiger partial charge in [0.25, 0.3) is 0 Å². The van der Waals surface area contributed by atoms with Crippen LogP contribution in [-0.4, -0.2) is 31.1 Å². The van der Waals surface area contributed by atoms with E-state index in [0.29, 0.717) is 18.2 Å². The topological polar surface area (TPSA) is 52.2 Å². The highest BCUT2D eigenvalue weighted by atomic mass is 16.3. The predicted molar refractivity (Wildman–Crippen MR) is 74.6 cm³/mol. The Labute approximate surface area is 115 Å². The van der Waals surface area contributed by atoms with E-state index in [0.717, 1.165) is 12.3 Å². The van der Waals surface area contributed by atoms with E-state index in [1.807, 2.05) is 12.1 Å². The van der Waals surface area contributed by atoms with Gasteiger partial charge in [-0.2, -0.15) is 5.26 Å². The third-order valence-corrected chi connectivity index (χ3v) is 3.58. The van der Waals surface area contributed by atoms with Crippen molar-refractivity contribution in [3.05, 3.63) is 23.7 Å². The van der Waals surface area contributed by atoms with Gasteiger partial charge in [0.05, 0.1) is 6.54 Å². The van der Waals surface area contributed by atoms with Crippen LogP contribution >= 0.6 is 0 Å². The van der Waals surface area contributed by atoms with Crippen LogP contribution in [0.5, 0.6) is 0 Å². The van der Waals surface area contributed by atoms with E-state index in [-0.39, 0.29) is 0 Å². The Morgan fingerprint density at radius 1 is 1.37 bits per heavy atom. The number of nitriles is 1. The van der Waals surface area contributed by atoms with Crippen LogP contribution < -0.4 is 5.32 Å². The number of rotatable bonds is 6. The Morgan fingerprint density at radius 2 is 2.16 bits per heavy atom. The molecule has 1 aliphatic heterocycles. The molecule has 0 saturated carbocycles. The third kappa shape index (κ3) is 4.70. The van der Waals surface area contributed by atoms with E-state index in [9.17, 15) is 0 Å². The summed E-state index contributed by atoms with van der Waals surface area (Å²) in [6.45, 7) is 7.66. The second kappa shape index (κ2) is 7.32. The van der Waals surface area contributed by atoms with Gasteiger partial charge in [-0.3, -0.25) is 0 Å². The third-order valence-electron chi connectivity index (χ3n) is 3.58. The molecule has 0 bridgehead atoms. The Hall–Kier alpha value is -1.31. The van der Waals surface area contributed by atoms with Gasteiger partial charge in [-0.05, 0) is 50.5 Å². The Morgan fingerprint density at radius 3 is 2.84 bits per heavy atom. The van der Waals surface area contributed by atoms with Gasteiger partial charge in [0.2, 0.25) is 5.76 Å². The summed E-state index contributed by atoms with van der Waals surface area (Å²) in [4.78, 5) is 2.57. The van der Waals surface area contributed by atoms with Crippen molar-refractivity contribution in [2.24, 2.45) is 5.92 Å². The van der Waals surface area contributed by atoms with E-state index >= 15 is 0 Å². The van der Waals surface area contributed by atoms with Crippen LogP contribution in [0.1, 0.15) is 37.7 Å². The summed E-state index contributed by atoms with van der Waals surface area (Å²) in [6, 6.07) is 5.58. The monoisotopic (exact) mass is 261 g/mol. The summed E-state index contributed by atoms with van der Waals surface area (Å²) in [5.41, 5.74) is 0. The van der Waals surface area contributed by atoms with Gasteiger partial charge < -0.3 is 14.6 Å². The zero-order chi connectivity index (χ0) is 13.5. The molecular weight excluding hydrogens is 238 g/mol. The SMILES string of the molecule is CC(CNCc1ccc(C#N)o1)CN1CCCCC1. The molecule has 0 spiro atoms. The smallest absolute Gasteiger partial charge is 0.203 e. The lowest BCUT2D eigenvalue weighted by molar-refractivity contribution is 0.198. The fourth-order valence-electron chi connectivity index (χ4n) is 2.62. The minimum Gasteiger partial charge on any atom is -0.449 e. The maximum Gasteiger partial charge on any atom is 0.203 e. The van der Waals surface area contributed by atoms with Gasteiger partial charge in [0.1, 0.15) is 11.8 Å². The summed E-state index contributed by atoms with van der Waals surface area (Å²) in [5.74, 6) is 1.86.